The van der Waals surface area contributed by atoms with Crippen molar-refractivity contribution in [2.75, 3.05) is 73.7 Å². The van der Waals surface area contributed by atoms with Crippen molar-refractivity contribution in [1.29, 1.82) is 0 Å². The number of rotatable bonds is 14. The second-order valence-electron chi connectivity index (χ2n) is 17.1. The van der Waals surface area contributed by atoms with Gasteiger partial charge in [0.1, 0.15) is 0 Å². The SMILES string of the molecule is Cc1ccc2c(c1)C(C)(C)C(=CC=C1CC/C(=C\C=C3\N(CCCS(=O)(=O)O)c4ccc(S(=O)(=O)O)cc4C3(C)C)C1=[N+]1CCN(CCN=C=S)CC1)N2CCCS(=O)(=O)O. The monoisotopic (exact) mass is 914 g/mol. The molecule has 1 saturated heterocycles. The zero-order valence-corrected chi connectivity index (χ0v) is 38.6. The average Bonchev–Trinajstić information content (AvgIpc) is 3.73. The topological polar surface area (TPSA) is 188 Å². The van der Waals surface area contributed by atoms with Gasteiger partial charge in [-0.1, -0.05) is 57.5 Å². The Hall–Kier alpha value is -3.84. The van der Waals surface area contributed by atoms with E-state index in [1.54, 1.807) is 6.07 Å². The largest absolute Gasteiger partial charge is 0.344 e. The molecular formula is C43H56N5O9S4+. The summed E-state index contributed by atoms with van der Waals surface area (Å²) in [7, 11) is -12.8. The van der Waals surface area contributed by atoms with Crippen molar-refractivity contribution < 1.29 is 43.5 Å². The van der Waals surface area contributed by atoms with E-state index in [4.69, 9.17) is 12.2 Å². The third kappa shape index (κ3) is 10.7. The Bertz CT molecular complexity index is 2610. The Labute approximate surface area is 366 Å². The number of fused-ring (bicyclic) bond motifs is 2. The highest BCUT2D eigenvalue weighted by atomic mass is 32.2. The number of hydrogen-bond acceptors (Lipinski definition) is 11. The molecule has 0 atom stereocenters. The maximum Gasteiger partial charge on any atom is 0.294 e. The van der Waals surface area contributed by atoms with Gasteiger partial charge < -0.3 is 9.80 Å². The fraction of sp³-hybridized carbons (Fsp3) is 0.488. The molecule has 3 heterocycles. The van der Waals surface area contributed by atoms with Crippen LogP contribution in [0.1, 0.15) is 70.1 Å². The first-order valence-electron chi connectivity index (χ1n) is 20.4. The van der Waals surface area contributed by atoms with Gasteiger partial charge in [0.05, 0.1) is 41.2 Å². The minimum absolute atomic E-state index is 0.119. The van der Waals surface area contributed by atoms with Gasteiger partial charge in [-0.25, -0.2) is 9.57 Å². The number of piperazine rings is 1. The number of thiocarbonyl (C=S) groups is 1. The smallest absolute Gasteiger partial charge is 0.294 e. The molecule has 3 N–H and O–H groups in total. The molecule has 6 rings (SSSR count). The van der Waals surface area contributed by atoms with Crippen LogP contribution in [0.5, 0.6) is 0 Å². The number of aryl methyl sites for hydroxylation is 1. The lowest BCUT2D eigenvalue weighted by Gasteiger charge is -2.27. The van der Waals surface area contributed by atoms with Crippen molar-refractivity contribution >= 4 is 64.8 Å². The summed E-state index contributed by atoms with van der Waals surface area (Å²) in [4.78, 5) is 10.3. The Morgan fingerprint density at radius 2 is 1.23 bits per heavy atom. The minimum atomic E-state index is -4.49. The molecular weight excluding hydrogens is 859 g/mol. The predicted octanol–water partition coefficient (Wildman–Crippen LogP) is 5.98. The van der Waals surface area contributed by atoms with Crippen molar-refractivity contribution in [2.45, 2.75) is 76.0 Å². The van der Waals surface area contributed by atoms with E-state index in [2.05, 4.69) is 81.7 Å². The zero-order chi connectivity index (χ0) is 44.5. The highest BCUT2D eigenvalue weighted by molar-refractivity contribution is 7.86. The minimum Gasteiger partial charge on any atom is -0.344 e. The fourth-order valence-electron chi connectivity index (χ4n) is 9.13. The van der Waals surface area contributed by atoms with Gasteiger partial charge >= 0.3 is 0 Å². The summed E-state index contributed by atoms with van der Waals surface area (Å²) in [5, 5.41) is 2.44. The molecule has 330 valence electrons. The van der Waals surface area contributed by atoms with Crippen molar-refractivity contribution in [3.63, 3.8) is 0 Å². The molecule has 2 aromatic rings. The molecule has 0 amide bonds. The average molecular weight is 915 g/mol. The van der Waals surface area contributed by atoms with Gasteiger partial charge in [0.15, 0.2) is 13.1 Å². The summed E-state index contributed by atoms with van der Waals surface area (Å²) < 4.78 is 103. The van der Waals surface area contributed by atoms with Gasteiger partial charge in [0.25, 0.3) is 30.4 Å². The van der Waals surface area contributed by atoms with Crippen LogP contribution in [0, 0.1) is 6.92 Å². The van der Waals surface area contributed by atoms with Crippen LogP contribution in [-0.4, -0.2) is 123 Å². The van der Waals surface area contributed by atoms with E-state index in [1.165, 1.54) is 12.1 Å². The summed E-state index contributed by atoms with van der Waals surface area (Å²) in [6.07, 6.45) is 10.3. The van der Waals surface area contributed by atoms with Crippen LogP contribution in [0.15, 0.2) is 93.1 Å². The molecule has 2 aromatic carbocycles. The molecule has 3 aliphatic heterocycles. The molecule has 0 spiro atoms. The van der Waals surface area contributed by atoms with Gasteiger partial charge in [-0.2, -0.15) is 25.3 Å². The lowest BCUT2D eigenvalue weighted by Crippen LogP contribution is -2.45. The van der Waals surface area contributed by atoms with Crippen molar-refractivity contribution in [2.24, 2.45) is 4.99 Å². The van der Waals surface area contributed by atoms with Crippen molar-refractivity contribution in [3.05, 3.63) is 99.9 Å². The van der Waals surface area contributed by atoms with Crippen LogP contribution in [0.25, 0.3) is 0 Å². The summed E-state index contributed by atoms with van der Waals surface area (Å²) >= 11 is 4.77. The van der Waals surface area contributed by atoms with E-state index in [9.17, 15) is 38.9 Å². The molecule has 14 nitrogen and oxygen atoms in total. The van der Waals surface area contributed by atoms with Gasteiger partial charge in [-0.05, 0) is 92.4 Å². The number of aliphatic imine (C=N–C) groups is 1. The molecule has 61 heavy (non-hydrogen) atoms. The summed E-state index contributed by atoms with van der Waals surface area (Å²) in [6, 6.07) is 10.7. The maximum atomic E-state index is 12.2. The first-order valence-corrected chi connectivity index (χ1v) is 25.5. The molecule has 0 radical (unpaired) electrons. The summed E-state index contributed by atoms with van der Waals surface area (Å²) in [5.41, 5.74) is 8.68. The number of allylic oxidation sites excluding steroid dienone is 8. The van der Waals surface area contributed by atoms with Gasteiger partial charge in [-0.3, -0.25) is 18.6 Å². The Morgan fingerprint density at radius 1 is 0.738 bits per heavy atom. The first-order chi connectivity index (χ1) is 28.5. The molecule has 0 bridgehead atoms. The number of isothiocyanates is 1. The maximum absolute atomic E-state index is 12.2. The van der Waals surface area contributed by atoms with Gasteiger partial charge in [-0.15, -0.1) is 0 Å². The molecule has 18 heteroatoms. The Balaban J connectivity index is 1.43. The van der Waals surface area contributed by atoms with E-state index in [0.717, 1.165) is 90.6 Å². The standard InChI is InChI=1S/C43H55N5O9S4/c1-31-8-14-37-35(28-31)42(2,3)39(47(37)19-6-26-59(49,50)51)16-11-32-9-10-33(41(32)46-24-22-45(23-25-46)21-18-44-30-58)12-17-40-43(4,5)36-29-34(61(55,56)57)13-15-38(36)48(40)20-7-27-60(52,53)54/h8,11-17,28-29H,6-7,9-10,18-27H2,1-5H3,(H2-,49,50,51,52,53,54,55,56,57)/p+1. The molecule has 1 saturated carbocycles. The molecule has 2 fully saturated rings. The van der Waals surface area contributed by atoms with Crippen molar-refractivity contribution in [1.82, 2.24) is 4.90 Å². The Morgan fingerprint density at radius 3 is 1.70 bits per heavy atom. The third-order valence-corrected chi connectivity index (χ3v) is 14.8. The van der Waals surface area contributed by atoms with Crippen LogP contribution < -0.4 is 9.80 Å². The molecule has 0 aromatic heterocycles. The van der Waals surface area contributed by atoms with Crippen LogP contribution in [0.3, 0.4) is 0 Å². The quantitative estimate of drug-likeness (QED) is 0.0871. The second-order valence-corrected chi connectivity index (χ2v) is 21.9. The van der Waals surface area contributed by atoms with Crippen molar-refractivity contribution in [3.8, 4) is 0 Å². The van der Waals surface area contributed by atoms with E-state index in [1.807, 2.05) is 24.8 Å². The zero-order valence-electron chi connectivity index (χ0n) is 35.3. The van der Waals surface area contributed by atoms with Crippen LogP contribution >= 0.6 is 12.2 Å². The lowest BCUT2D eigenvalue weighted by atomic mass is 9.83. The molecule has 0 unspecified atom stereocenters. The second kappa shape index (κ2) is 18.1. The van der Waals surface area contributed by atoms with Gasteiger partial charge in [0.2, 0.25) is 5.71 Å². The van der Waals surface area contributed by atoms with Crippen LogP contribution in [0.2, 0.25) is 0 Å². The fourth-order valence-corrected chi connectivity index (χ4v) is 10.7. The van der Waals surface area contributed by atoms with Gasteiger partial charge in [0, 0.05) is 64.4 Å². The van der Waals surface area contributed by atoms with E-state index < -0.39 is 46.9 Å². The normalized spacial score (nSPS) is 21.8. The van der Waals surface area contributed by atoms with Crippen LogP contribution in [0.4, 0.5) is 11.4 Å². The molecule has 1 aliphatic carbocycles. The number of benzene rings is 2. The predicted molar refractivity (Wildman–Crippen MR) is 243 cm³/mol. The number of anilines is 2. The highest BCUT2D eigenvalue weighted by Gasteiger charge is 2.42. The van der Waals surface area contributed by atoms with E-state index >= 15 is 0 Å². The number of hydrogen-bond donors (Lipinski definition) is 3. The molecule has 4 aliphatic rings. The lowest BCUT2D eigenvalue weighted by molar-refractivity contribution is -0.538. The van der Waals surface area contributed by atoms with E-state index in [-0.39, 0.29) is 30.0 Å². The summed E-state index contributed by atoms with van der Waals surface area (Å²) in [6.45, 7) is 15.5. The first kappa shape index (κ1) is 46.7. The third-order valence-electron chi connectivity index (χ3n) is 12.2. The highest BCUT2D eigenvalue weighted by Crippen LogP contribution is 2.50. The Kier molecular flexibility index (Phi) is 13.8. The summed E-state index contributed by atoms with van der Waals surface area (Å²) in [5.74, 6) is -0.784. The van der Waals surface area contributed by atoms with Crippen LogP contribution in [-0.2, 0) is 41.2 Å². The van der Waals surface area contributed by atoms with E-state index in [0.29, 0.717) is 24.3 Å². The number of nitrogens with zero attached hydrogens (tertiary/aromatic N) is 5.